The number of fused-ring (bicyclic) bond motifs is 1. The Kier molecular flexibility index (Phi) is 13.0. The van der Waals surface area contributed by atoms with Crippen LogP contribution in [0.15, 0.2) is 92.4 Å². The Labute approximate surface area is 340 Å². The van der Waals surface area contributed by atoms with Gasteiger partial charge in [0, 0.05) is 28.2 Å². The first kappa shape index (κ1) is 45.9. The van der Waals surface area contributed by atoms with Crippen LogP contribution in [0, 0.1) is 0 Å². The summed E-state index contributed by atoms with van der Waals surface area (Å²) in [6.45, 7) is -1.77. The van der Waals surface area contributed by atoms with Crippen molar-refractivity contribution in [3.8, 4) is 5.75 Å². The van der Waals surface area contributed by atoms with Crippen molar-refractivity contribution in [2.45, 2.75) is 19.6 Å². The first-order valence-corrected chi connectivity index (χ1v) is 24.7. The minimum Gasteiger partial charge on any atom is -0.507 e. The predicted octanol–water partition coefficient (Wildman–Crippen LogP) is 1.64. The molecule has 60 heavy (non-hydrogen) atoms. The second-order valence-corrected chi connectivity index (χ2v) is 21.0. The Morgan fingerprint density at radius 2 is 0.900 bits per heavy atom. The van der Waals surface area contributed by atoms with Crippen LogP contribution < -0.4 is 16.0 Å². The Morgan fingerprint density at radius 3 is 1.28 bits per heavy atom. The van der Waals surface area contributed by atoms with Gasteiger partial charge in [0.25, 0.3) is 20.2 Å². The molecule has 5 aromatic rings. The fourth-order valence-electron chi connectivity index (χ4n) is 5.04. The minimum absolute atomic E-state index is 0.122. The lowest BCUT2D eigenvalue weighted by Gasteiger charge is -2.15. The van der Waals surface area contributed by atoms with E-state index in [2.05, 4.69) is 39.3 Å². The normalized spacial score (nSPS) is 12.9. The van der Waals surface area contributed by atoms with Crippen LogP contribution in [-0.2, 0) is 69.1 Å². The molecule has 0 aliphatic rings. The zero-order valence-corrected chi connectivity index (χ0v) is 34.4. The van der Waals surface area contributed by atoms with Crippen molar-refractivity contribution in [3.63, 3.8) is 0 Å². The highest BCUT2D eigenvalue weighted by atomic mass is 32.3. The van der Waals surface area contributed by atoms with E-state index in [9.17, 15) is 64.7 Å². The van der Waals surface area contributed by atoms with Gasteiger partial charge < -0.3 is 21.1 Å². The molecular formula is C29H28N6O19S6. The molecule has 0 fully saturated rings. The molecular weight excluding hydrogens is 929 g/mol. The quantitative estimate of drug-likeness (QED) is 0.0579. The molecule has 1 aromatic heterocycles. The fraction of sp³-hybridized carbons (Fsp3) is 0.138. The number of nitrogens with zero attached hydrogens (tertiary/aromatic N) is 3. The molecule has 0 aliphatic carbocycles. The molecule has 31 heteroatoms. The Hall–Kier alpha value is -5.19. The summed E-state index contributed by atoms with van der Waals surface area (Å²) in [5.74, 6) is -3.63. The van der Waals surface area contributed by atoms with Crippen LogP contribution in [0.2, 0.25) is 0 Å². The molecule has 0 bridgehead atoms. The molecule has 4 aromatic carbocycles. The van der Waals surface area contributed by atoms with Crippen molar-refractivity contribution in [1.29, 1.82) is 0 Å². The van der Waals surface area contributed by atoms with E-state index >= 15 is 0 Å². The van der Waals surface area contributed by atoms with Gasteiger partial charge in [-0.3, -0.25) is 18.2 Å². The number of aromatic hydroxyl groups is 1. The van der Waals surface area contributed by atoms with Crippen molar-refractivity contribution < 1.29 is 82.2 Å². The van der Waals surface area contributed by atoms with E-state index in [0.29, 0.717) is 12.1 Å². The molecule has 0 saturated heterocycles. The van der Waals surface area contributed by atoms with E-state index in [-0.39, 0.29) is 38.4 Å². The van der Waals surface area contributed by atoms with E-state index in [1.807, 2.05) is 0 Å². The summed E-state index contributed by atoms with van der Waals surface area (Å²) >= 11 is 0. The SMILES string of the molecule is O=S(=O)(O)OCCS(=O)(=O)c1ccc(Nc2nc(Nc3ccc(S(=O)(=O)CCOS(=O)(=O)O)cc3)nc(Nc3ccc4c(O)cc(S(=O)(=O)O)cc4c3S(=O)(=O)O)n2)cc1. The van der Waals surface area contributed by atoms with Gasteiger partial charge in [-0.1, -0.05) is 0 Å². The average Bonchev–Trinajstić information content (AvgIpc) is 3.09. The maximum absolute atomic E-state index is 12.7. The smallest absolute Gasteiger partial charge is 0.397 e. The van der Waals surface area contributed by atoms with E-state index in [1.165, 1.54) is 24.3 Å². The van der Waals surface area contributed by atoms with Crippen LogP contribution in [-0.4, -0.2) is 113 Å². The van der Waals surface area contributed by atoms with Crippen molar-refractivity contribution in [1.82, 2.24) is 15.0 Å². The van der Waals surface area contributed by atoms with Gasteiger partial charge in [0.15, 0.2) is 19.7 Å². The summed E-state index contributed by atoms with van der Waals surface area (Å²) in [7, 11) is -28.3. The lowest BCUT2D eigenvalue weighted by atomic mass is 10.1. The summed E-state index contributed by atoms with van der Waals surface area (Å²) in [6.07, 6.45) is 0. The fourth-order valence-corrected chi connectivity index (χ4v) is 9.38. The van der Waals surface area contributed by atoms with Crippen molar-refractivity contribution >= 4 is 106 Å². The van der Waals surface area contributed by atoms with Crippen LogP contribution >= 0.6 is 0 Å². The van der Waals surface area contributed by atoms with E-state index in [0.717, 1.165) is 36.4 Å². The molecule has 0 spiro atoms. The number of phenols is 1. The number of hydrogen-bond donors (Lipinski definition) is 8. The summed E-state index contributed by atoms with van der Waals surface area (Å²) in [5.41, 5.74) is -0.257. The molecule has 0 amide bonds. The molecule has 25 nitrogen and oxygen atoms in total. The highest BCUT2D eigenvalue weighted by Crippen LogP contribution is 2.38. The monoisotopic (exact) mass is 956 g/mol. The number of aromatic nitrogens is 3. The lowest BCUT2D eigenvalue weighted by Crippen LogP contribution is -2.15. The van der Waals surface area contributed by atoms with Crippen molar-refractivity contribution in [3.05, 3.63) is 72.8 Å². The van der Waals surface area contributed by atoms with E-state index in [1.54, 1.807) is 0 Å². The second kappa shape index (κ2) is 17.1. The predicted molar refractivity (Wildman–Crippen MR) is 207 cm³/mol. The van der Waals surface area contributed by atoms with Gasteiger partial charge in [0.1, 0.15) is 10.6 Å². The molecule has 0 radical (unpaired) electrons. The third-order valence-corrected chi connectivity index (χ3v) is 13.7. The number of anilines is 6. The highest BCUT2D eigenvalue weighted by Gasteiger charge is 2.25. The van der Waals surface area contributed by atoms with Gasteiger partial charge in [0.2, 0.25) is 17.8 Å². The topological polar surface area (TPSA) is 399 Å². The van der Waals surface area contributed by atoms with Gasteiger partial charge in [-0.05, 0) is 66.7 Å². The third-order valence-electron chi connectivity index (χ3n) is 7.58. The van der Waals surface area contributed by atoms with E-state index in [4.69, 9.17) is 9.11 Å². The third kappa shape index (κ3) is 12.2. The van der Waals surface area contributed by atoms with Crippen LogP contribution in [0.3, 0.4) is 0 Å². The van der Waals surface area contributed by atoms with Crippen molar-refractivity contribution in [2.75, 3.05) is 40.7 Å². The average molecular weight is 957 g/mol. The van der Waals surface area contributed by atoms with Crippen LogP contribution in [0.5, 0.6) is 5.75 Å². The first-order valence-electron chi connectivity index (χ1n) is 15.8. The standard InChI is InChI=1S/C29H28N6O19S6/c36-25-16-21(57(41,42)43)15-23-22(25)9-10-24(26(23)58(44,45)46)32-29-34-27(30-17-1-5-19(6-2-17)55(37,38)13-11-53-59(47,48)49)33-28(35-29)31-18-3-7-20(8-4-18)56(39,40)14-12-54-60(50,51)52/h1-10,15-16,36H,11-14H2,(H,41,42,43)(H,44,45,46)(H,47,48,49)(H,50,51,52)(H3,30,31,32,33,34,35). The molecule has 8 N–H and O–H groups in total. The number of phenolic OH excluding ortho intramolecular Hbond substituents is 1. The summed E-state index contributed by atoms with van der Waals surface area (Å²) < 4.78 is 188. The summed E-state index contributed by atoms with van der Waals surface area (Å²) in [6, 6.07) is 12.9. The van der Waals surface area contributed by atoms with Crippen LogP contribution in [0.1, 0.15) is 0 Å². The number of nitrogens with one attached hydrogen (secondary N) is 3. The molecule has 0 saturated carbocycles. The van der Waals surface area contributed by atoms with E-state index < -0.39 is 118 Å². The zero-order chi connectivity index (χ0) is 44.5. The number of hydrogen-bond acceptors (Lipinski definition) is 21. The van der Waals surface area contributed by atoms with Crippen molar-refractivity contribution in [2.24, 2.45) is 0 Å². The Bertz CT molecular complexity index is 3020. The van der Waals surface area contributed by atoms with Gasteiger partial charge >= 0.3 is 20.8 Å². The van der Waals surface area contributed by atoms with Crippen LogP contribution in [0.4, 0.5) is 34.9 Å². The van der Waals surface area contributed by atoms with Gasteiger partial charge in [-0.2, -0.15) is 48.6 Å². The molecule has 0 aliphatic heterocycles. The minimum atomic E-state index is -5.29. The van der Waals surface area contributed by atoms with Gasteiger partial charge in [0.05, 0.1) is 45.1 Å². The largest absolute Gasteiger partial charge is 0.507 e. The molecule has 5 rings (SSSR count). The lowest BCUT2D eigenvalue weighted by molar-refractivity contribution is 0.282. The van der Waals surface area contributed by atoms with Crippen LogP contribution in [0.25, 0.3) is 10.8 Å². The van der Waals surface area contributed by atoms with Gasteiger partial charge in [-0.25, -0.2) is 25.2 Å². The Morgan fingerprint density at radius 1 is 0.483 bits per heavy atom. The highest BCUT2D eigenvalue weighted by molar-refractivity contribution is 7.91. The maximum atomic E-state index is 12.7. The number of sulfone groups is 2. The van der Waals surface area contributed by atoms with Gasteiger partial charge in [-0.15, -0.1) is 0 Å². The number of benzene rings is 4. The molecule has 1 heterocycles. The number of rotatable bonds is 18. The Balaban J connectivity index is 1.53. The summed E-state index contributed by atoms with van der Waals surface area (Å²) in [5, 5.41) is 17.6. The molecule has 0 unspecified atom stereocenters. The second-order valence-electron chi connectivity index (χ2n) is 11.8. The first-order chi connectivity index (χ1) is 27.6. The maximum Gasteiger partial charge on any atom is 0.397 e. The summed E-state index contributed by atoms with van der Waals surface area (Å²) in [4.78, 5) is 10.0. The zero-order valence-electron chi connectivity index (χ0n) is 29.5. The molecule has 0 atom stereocenters. The molecule has 324 valence electrons.